The summed E-state index contributed by atoms with van der Waals surface area (Å²) in [6, 6.07) is 9.78. The first-order chi connectivity index (χ1) is 11.6. The van der Waals surface area contributed by atoms with Gasteiger partial charge in [-0.3, -0.25) is 9.48 Å². The fraction of sp³-hybridized carbons (Fsp3) is 0.444. The van der Waals surface area contributed by atoms with Crippen molar-refractivity contribution in [3.05, 3.63) is 48.3 Å². The summed E-state index contributed by atoms with van der Waals surface area (Å²) in [7, 11) is 1.65. The minimum Gasteiger partial charge on any atom is -0.497 e. The zero-order valence-electron chi connectivity index (χ0n) is 13.8. The van der Waals surface area contributed by atoms with Gasteiger partial charge in [-0.15, -0.1) is 0 Å². The van der Waals surface area contributed by atoms with E-state index in [9.17, 15) is 4.79 Å². The van der Waals surface area contributed by atoms with Gasteiger partial charge in [0.05, 0.1) is 7.11 Å². The van der Waals surface area contributed by atoms with Crippen LogP contribution in [0.3, 0.4) is 0 Å². The van der Waals surface area contributed by atoms with Gasteiger partial charge in [0.2, 0.25) is 0 Å². The summed E-state index contributed by atoms with van der Waals surface area (Å²) < 4.78 is 7.01. The fourth-order valence-corrected chi connectivity index (χ4v) is 3.67. The smallest absolute Gasteiger partial charge is 0.250 e. The number of hydrogen-bond acceptors (Lipinski definition) is 4. The van der Waals surface area contributed by atoms with Crippen molar-refractivity contribution in [1.82, 2.24) is 14.7 Å². The van der Waals surface area contributed by atoms with E-state index >= 15 is 0 Å². The largest absolute Gasteiger partial charge is 0.497 e. The molecule has 1 aromatic carbocycles. The van der Waals surface area contributed by atoms with E-state index in [1.54, 1.807) is 13.3 Å². The average molecular weight is 326 g/mol. The van der Waals surface area contributed by atoms with Crippen LogP contribution in [0.1, 0.15) is 24.3 Å². The summed E-state index contributed by atoms with van der Waals surface area (Å²) in [4.78, 5) is 15.0. The van der Waals surface area contributed by atoms with E-state index in [-0.39, 0.29) is 17.9 Å². The number of nitrogens with two attached hydrogens (primary N) is 1. The minimum atomic E-state index is -0.474. The summed E-state index contributed by atoms with van der Waals surface area (Å²) in [5.74, 6) is 1.14. The number of likely N-dealkylation sites (tertiary alicyclic amines) is 1. The lowest BCUT2D eigenvalue weighted by Crippen LogP contribution is -2.42. The van der Waals surface area contributed by atoms with Crippen molar-refractivity contribution < 1.29 is 9.53 Å². The third kappa shape index (κ3) is 2.38. The maximum Gasteiger partial charge on any atom is 0.250 e. The molecule has 1 amide bonds. The van der Waals surface area contributed by atoms with Gasteiger partial charge in [-0.2, -0.15) is 5.10 Å². The number of nitrogens with zero attached hydrogens (tertiary/aromatic N) is 3. The van der Waals surface area contributed by atoms with Crippen molar-refractivity contribution in [2.24, 2.45) is 5.73 Å². The molecule has 4 rings (SSSR count). The third-order valence-electron chi connectivity index (χ3n) is 5.26. The van der Waals surface area contributed by atoms with E-state index in [1.165, 1.54) is 0 Å². The van der Waals surface area contributed by atoms with Gasteiger partial charge in [-0.05, 0) is 36.6 Å². The maximum atomic E-state index is 13.0. The molecule has 6 heteroatoms. The van der Waals surface area contributed by atoms with Gasteiger partial charge in [0.15, 0.2) is 0 Å². The number of amides is 1. The molecule has 6 nitrogen and oxygen atoms in total. The summed E-state index contributed by atoms with van der Waals surface area (Å²) in [5, 5.41) is 4.28. The van der Waals surface area contributed by atoms with Crippen LogP contribution in [0, 0.1) is 0 Å². The van der Waals surface area contributed by atoms with Crippen molar-refractivity contribution in [3.63, 3.8) is 0 Å². The molecular weight excluding hydrogens is 304 g/mol. The lowest BCUT2D eigenvalue weighted by Gasteiger charge is -2.23. The van der Waals surface area contributed by atoms with Crippen molar-refractivity contribution >= 4 is 5.91 Å². The second-order valence-electron chi connectivity index (χ2n) is 6.74. The van der Waals surface area contributed by atoms with Crippen LogP contribution in [0.4, 0.5) is 0 Å². The van der Waals surface area contributed by atoms with Gasteiger partial charge in [0.25, 0.3) is 5.91 Å². The first-order valence-electron chi connectivity index (χ1n) is 8.33. The predicted molar refractivity (Wildman–Crippen MR) is 89.7 cm³/mol. The van der Waals surface area contributed by atoms with E-state index < -0.39 is 5.54 Å². The summed E-state index contributed by atoms with van der Waals surface area (Å²) in [5.41, 5.74) is 7.03. The van der Waals surface area contributed by atoms with E-state index in [4.69, 9.17) is 10.5 Å². The summed E-state index contributed by atoms with van der Waals surface area (Å²) in [6.45, 7) is 1.26. The summed E-state index contributed by atoms with van der Waals surface area (Å²) in [6.07, 6.45) is 5.31. The Morgan fingerprint density at radius 2 is 2.04 bits per heavy atom. The fourth-order valence-electron chi connectivity index (χ4n) is 3.67. The average Bonchev–Trinajstić information content (AvgIpc) is 3.05. The Morgan fingerprint density at radius 1 is 1.29 bits per heavy atom. The van der Waals surface area contributed by atoms with Crippen molar-refractivity contribution in [3.8, 4) is 5.75 Å². The van der Waals surface area contributed by atoms with Crippen LogP contribution in [0.2, 0.25) is 0 Å². The molecule has 0 radical (unpaired) electrons. The Balaban J connectivity index is 1.51. The van der Waals surface area contributed by atoms with Crippen LogP contribution in [-0.4, -0.2) is 46.8 Å². The maximum absolute atomic E-state index is 13.0. The van der Waals surface area contributed by atoms with Gasteiger partial charge in [-0.25, -0.2) is 0 Å². The molecule has 2 atom stereocenters. The predicted octanol–water partition coefficient (Wildman–Crippen LogP) is 1.33. The number of carbonyl (C=O) groups is 1. The molecule has 126 valence electrons. The van der Waals surface area contributed by atoms with Crippen LogP contribution in [-0.2, 0) is 10.3 Å². The van der Waals surface area contributed by atoms with Gasteiger partial charge >= 0.3 is 0 Å². The molecule has 0 bridgehead atoms. The molecule has 2 aromatic rings. The number of methoxy groups -OCH3 is 1. The number of aromatic nitrogens is 2. The molecule has 0 spiro atoms. The lowest BCUT2D eigenvalue weighted by molar-refractivity contribution is -0.135. The highest BCUT2D eigenvalue weighted by molar-refractivity contribution is 5.87. The molecule has 1 saturated heterocycles. The Labute approximate surface area is 141 Å². The molecule has 1 aromatic heterocycles. The Hall–Kier alpha value is -2.34. The molecular formula is C18H22N4O2. The van der Waals surface area contributed by atoms with Gasteiger partial charge in [0.1, 0.15) is 11.3 Å². The third-order valence-corrected chi connectivity index (χ3v) is 5.26. The summed E-state index contributed by atoms with van der Waals surface area (Å²) >= 11 is 0. The first kappa shape index (κ1) is 15.2. The highest BCUT2D eigenvalue weighted by Crippen LogP contribution is 2.45. The Morgan fingerprint density at radius 3 is 2.62 bits per heavy atom. The van der Waals surface area contributed by atoms with E-state index in [0.29, 0.717) is 13.1 Å². The monoisotopic (exact) mass is 326 g/mol. The molecule has 2 heterocycles. The van der Waals surface area contributed by atoms with Gasteiger partial charge < -0.3 is 15.4 Å². The molecule has 1 aliphatic carbocycles. The van der Waals surface area contributed by atoms with Crippen LogP contribution in [0.25, 0.3) is 0 Å². The second-order valence-corrected chi connectivity index (χ2v) is 6.74. The first-order valence-corrected chi connectivity index (χ1v) is 8.33. The molecule has 2 unspecified atom stereocenters. The molecule has 2 aliphatic rings. The van der Waals surface area contributed by atoms with Crippen LogP contribution < -0.4 is 10.5 Å². The number of benzene rings is 1. The topological polar surface area (TPSA) is 73.4 Å². The SMILES string of the molecule is COc1ccc(C2CN(C(=O)C3(n4cccn4)CC3)CC2N)cc1. The van der Waals surface area contributed by atoms with E-state index in [0.717, 1.165) is 24.2 Å². The Kier molecular flexibility index (Phi) is 3.57. The van der Waals surface area contributed by atoms with Crippen molar-refractivity contribution in [2.45, 2.75) is 30.3 Å². The number of carbonyl (C=O) groups excluding carboxylic acids is 1. The minimum absolute atomic E-state index is 0.0456. The number of rotatable bonds is 4. The van der Waals surface area contributed by atoms with Crippen molar-refractivity contribution in [1.29, 1.82) is 0 Å². The lowest BCUT2D eigenvalue weighted by atomic mass is 9.95. The van der Waals surface area contributed by atoms with E-state index in [1.807, 2.05) is 46.1 Å². The quantitative estimate of drug-likeness (QED) is 0.920. The van der Waals surface area contributed by atoms with Gasteiger partial charge in [0, 0.05) is 37.4 Å². The second kappa shape index (κ2) is 5.63. The molecule has 24 heavy (non-hydrogen) atoms. The number of ether oxygens (including phenoxy) is 1. The van der Waals surface area contributed by atoms with Crippen LogP contribution in [0.5, 0.6) is 5.75 Å². The molecule has 2 N–H and O–H groups in total. The van der Waals surface area contributed by atoms with Crippen LogP contribution >= 0.6 is 0 Å². The Bertz CT molecular complexity index is 722. The number of hydrogen-bond donors (Lipinski definition) is 1. The van der Waals surface area contributed by atoms with Crippen LogP contribution in [0.15, 0.2) is 42.7 Å². The molecule has 1 aliphatic heterocycles. The highest BCUT2D eigenvalue weighted by atomic mass is 16.5. The normalized spacial score (nSPS) is 24.8. The van der Waals surface area contributed by atoms with E-state index in [2.05, 4.69) is 5.10 Å². The zero-order chi connectivity index (χ0) is 16.7. The molecule has 2 fully saturated rings. The standard InChI is InChI=1S/C18H22N4O2/c1-24-14-5-3-13(4-6-14)15-11-21(12-16(15)19)17(23)18(7-8-18)22-10-2-9-20-22/h2-6,9-10,15-16H,7-8,11-12,19H2,1H3. The molecule has 1 saturated carbocycles. The van der Waals surface area contributed by atoms with Crippen molar-refractivity contribution in [2.75, 3.05) is 20.2 Å². The van der Waals surface area contributed by atoms with Gasteiger partial charge in [-0.1, -0.05) is 12.1 Å². The zero-order valence-corrected chi connectivity index (χ0v) is 13.8. The highest BCUT2D eigenvalue weighted by Gasteiger charge is 2.55.